The molecule has 2 aromatic rings. The van der Waals surface area contributed by atoms with E-state index in [1.165, 1.54) is 11.1 Å². The molecule has 0 aliphatic carbocycles. The lowest BCUT2D eigenvalue weighted by Gasteiger charge is -2.08. The largest absolute Gasteiger partial charge is 0.485 e. The van der Waals surface area contributed by atoms with Gasteiger partial charge in [-0.15, -0.1) is 0 Å². The number of aromatic nitrogens is 2. The van der Waals surface area contributed by atoms with Gasteiger partial charge >= 0.3 is 0 Å². The summed E-state index contributed by atoms with van der Waals surface area (Å²) in [7, 11) is 3.91. The van der Waals surface area contributed by atoms with E-state index < -0.39 is 0 Å². The Morgan fingerprint density at radius 1 is 1.15 bits per heavy atom. The summed E-state index contributed by atoms with van der Waals surface area (Å²) in [6.07, 6.45) is 1.05. The molecule has 20 heavy (non-hydrogen) atoms. The van der Waals surface area contributed by atoms with Crippen LogP contribution >= 0.6 is 0 Å². The van der Waals surface area contributed by atoms with Crippen molar-refractivity contribution in [1.29, 1.82) is 0 Å². The zero-order valence-electron chi connectivity index (χ0n) is 12.7. The highest BCUT2D eigenvalue weighted by atomic mass is 16.5. The van der Waals surface area contributed by atoms with Gasteiger partial charge in [0.15, 0.2) is 5.75 Å². The van der Waals surface area contributed by atoms with Gasteiger partial charge in [0, 0.05) is 7.05 Å². The van der Waals surface area contributed by atoms with Crippen molar-refractivity contribution >= 4 is 0 Å². The number of aryl methyl sites for hydroxylation is 2. The third-order valence-corrected chi connectivity index (χ3v) is 3.51. The van der Waals surface area contributed by atoms with Gasteiger partial charge in [-0.1, -0.05) is 24.3 Å². The highest BCUT2D eigenvalue weighted by Crippen LogP contribution is 2.22. The maximum absolute atomic E-state index is 5.90. The van der Waals surface area contributed by atoms with Crippen LogP contribution < -0.4 is 10.1 Å². The quantitative estimate of drug-likeness (QED) is 0.878. The first-order valence-electron chi connectivity index (χ1n) is 6.97. The van der Waals surface area contributed by atoms with E-state index in [2.05, 4.69) is 34.7 Å². The molecule has 0 unspecified atom stereocenters. The molecule has 4 heteroatoms. The first-order chi connectivity index (χ1) is 9.61. The molecule has 0 atom stereocenters. The average Bonchev–Trinajstić information content (AvgIpc) is 2.69. The average molecular weight is 273 g/mol. The predicted molar refractivity (Wildman–Crippen MR) is 81.1 cm³/mol. The van der Waals surface area contributed by atoms with Gasteiger partial charge in [0.05, 0.1) is 5.69 Å². The van der Waals surface area contributed by atoms with Crippen LogP contribution in [0.5, 0.6) is 5.75 Å². The Morgan fingerprint density at radius 2 is 1.80 bits per heavy atom. The molecule has 0 aliphatic rings. The molecule has 1 aromatic heterocycles. The van der Waals surface area contributed by atoms with Gasteiger partial charge in [-0.05, 0) is 45.0 Å². The molecule has 0 aliphatic heterocycles. The number of rotatable bonds is 6. The topological polar surface area (TPSA) is 39.1 Å². The van der Waals surface area contributed by atoms with Crippen molar-refractivity contribution in [2.75, 3.05) is 13.6 Å². The van der Waals surface area contributed by atoms with Crippen molar-refractivity contribution in [3.8, 4) is 5.75 Å². The maximum atomic E-state index is 5.90. The summed E-state index contributed by atoms with van der Waals surface area (Å²) in [4.78, 5) is 0. The second-order valence-electron chi connectivity index (χ2n) is 5.08. The van der Waals surface area contributed by atoms with Crippen LogP contribution in [-0.4, -0.2) is 23.4 Å². The molecular weight excluding hydrogens is 250 g/mol. The summed E-state index contributed by atoms with van der Waals surface area (Å²) in [5.41, 5.74) is 4.53. The van der Waals surface area contributed by atoms with Crippen LogP contribution in [0.25, 0.3) is 0 Å². The number of nitrogens with one attached hydrogen (secondary N) is 1. The third kappa shape index (κ3) is 3.39. The first kappa shape index (κ1) is 14.6. The van der Waals surface area contributed by atoms with E-state index in [-0.39, 0.29) is 0 Å². The second-order valence-corrected chi connectivity index (χ2v) is 5.08. The van der Waals surface area contributed by atoms with Crippen molar-refractivity contribution in [3.63, 3.8) is 0 Å². The van der Waals surface area contributed by atoms with E-state index in [1.807, 2.05) is 32.6 Å². The van der Waals surface area contributed by atoms with Crippen LogP contribution in [0.2, 0.25) is 0 Å². The molecule has 4 nitrogen and oxygen atoms in total. The van der Waals surface area contributed by atoms with Crippen LogP contribution in [-0.2, 0) is 20.1 Å². The summed E-state index contributed by atoms with van der Waals surface area (Å²) >= 11 is 0. The lowest BCUT2D eigenvalue weighted by Crippen LogP contribution is -2.10. The highest BCUT2D eigenvalue weighted by molar-refractivity contribution is 5.32. The Kier molecular flexibility index (Phi) is 4.79. The molecule has 2 rings (SSSR count). The molecule has 0 radical (unpaired) electrons. The number of hydrogen-bond donors (Lipinski definition) is 1. The van der Waals surface area contributed by atoms with Crippen LogP contribution in [0.4, 0.5) is 0 Å². The fourth-order valence-electron chi connectivity index (χ4n) is 2.19. The zero-order chi connectivity index (χ0) is 14.5. The van der Waals surface area contributed by atoms with Gasteiger partial charge in [0.1, 0.15) is 12.3 Å². The van der Waals surface area contributed by atoms with Gasteiger partial charge in [-0.3, -0.25) is 4.68 Å². The van der Waals surface area contributed by atoms with Gasteiger partial charge in [-0.25, -0.2) is 0 Å². The Morgan fingerprint density at radius 3 is 2.35 bits per heavy atom. The first-order valence-corrected chi connectivity index (χ1v) is 6.97. The lowest BCUT2D eigenvalue weighted by molar-refractivity contribution is 0.301. The Labute approximate surface area is 120 Å². The zero-order valence-corrected chi connectivity index (χ0v) is 12.7. The molecule has 0 spiro atoms. The minimum absolute atomic E-state index is 0.583. The summed E-state index contributed by atoms with van der Waals surface area (Å²) in [5, 5.41) is 7.51. The highest BCUT2D eigenvalue weighted by Gasteiger charge is 2.10. The summed E-state index contributed by atoms with van der Waals surface area (Å²) in [6.45, 7) is 5.59. The fraction of sp³-hybridized carbons (Fsp3) is 0.438. The van der Waals surface area contributed by atoms with Gasteiger partial charge < -0.3 is 10.1 Å². The normalized spacial score (nSPS) is 10.8. The predicted octanol–water partition coefficient (Wildman–Crippen LogP) is 2.38. The molecule has 1 heterocycles. The van der Waals surface area contributed by atoms with Crippen LogP contribution in [0, 0.1) is 13.8 Å². The Bertz CT molecular complexity index is 558. The molecule has 0 fully saturated rings. The number of benzene rings is 1. The van der Waals surface area contributed by atoms with E-state index in [1.54, 1.807) is 0 Å². The van der Waals surface area contributed by atoms with Gasteiger partial charge in [0.25, 0.3) is 0 Å². The molecule has 1 aromatic carbocycles. The maximum Gasteiger partial charge on any atom is 0.163 e. The lowest BCUT2D eigenvalue weighted by atomic mass is 10.1. The summed E-state index contributed by atoms with van der Waals surface area (Å²) in [6, 6.07) is 8.59. The number of hydrogen-bond acceptors (Lipinski definition) is 3. The molecular formula is C16H23N3O. The molecule has 108 valence electrons. The third-order valence-electron chi connectivity index (χ3n) is 3.51. The van der Waals surface area contributed by atoms with Crippen molar-refractivity contribution in [3.05, 3.63) is 46.8 Å². The standard InChI is InChI=1S/C16H23N3O/c1-12-16(13(2)19(4)18-12)20-11-15-7-5-14(6-8-15)9-10-17-3/h5-8,17H,9-11H2,1-4H3. The molecule has 0 bridgehead atoms. The van der Waals surface area contributed by atoms with E-state index in [9.17, 15) is 0 Å². The number of nitrogens with zero attached hydrogens (tertiary/aromatic N) is 2. The number of ether oxygens (including phenoxy) is 1. The minimum atomic E-state index is 0.583. The second kappa shape index (κ2) is 6.57. The summed E-state index contributed by atoms with van der Waals surface area (Å²) < 4.78 is 7.75. The fourth-order valence-corrected chi connectivity index (χ4v) is 2.19. The van der Waals surface area contributed by atoms with Crippen LogP contribution in [0.15, 0.2) is 24.3 Å². The smallest absolute Gasteiger partial charge is 0.163 e. The van der Waals surface area contributed by atoms with E-state index in [0.29, 0.717) is 6.61 Å². The Balaban J connectivity index is 1.97. The van der Waals surface area contributed by atoms with Gasteiger partial charge in [-0.2, -0.15) is 5.10 Å². The van der Waals surface area contributed by atoms with E-state index in [4.69, 9.17) is 4.74 Å². The van der Waals surface area contributed by atoms with Crippen molar-refractivity contribution in [2.24, 2.45) is 7.05 Å². The number of likely N-dealkylation sites (N-methyl/N-ethyl adjacent to an activating group) is 1. The molecule has 0 saturated carbocycles. The van der Waals surface area contributed by atoms with Crippen molar-refractivity contribution < 1.29 is 4.74 Å². The Hall–Kier alpha value is -1.81. The van der Waals surface area contributed by atoms with E-state index >= 15 is 0 Å². The summed E-state index contributed by atoms with van der Waals surface area (Å²) in [5.74, 6) is 0.895. The van der Waals surface area contributed by atoms with Crippen molar-refractivity contribution in [1.82, 2.24) is 15.1 Å². The monoisotopic (exact) mass is 273 g/mol. The van der Waals surface area contributed by atoms with Crippen LogP contribution in [0.1, 0.15) is 22.5 Å². The van der Waals surface area contributed by atoms with Crippen molar-refractivity contribution in [2.45, 2.75) is 26.9 Å². The molecule has 0 saturated heterocycles. The molecule has 0 amide bonds. The SMILES string of the molecule is CNCCc1ccc(COc2c(C)nn(C)c2C)cc1. The van der Waals surface area contributed by atoms with Crippen LogP contribution in [0.3, 0.4) is 0 Å². The van der Waals surface area contributed by atoms with E-state index in [0.717, 1.165) is 30.1 Å². The minimum Gasteiger partial charge on any atom is -0.485 e. The molecule has 1 N–H and O–H groups in total. The van der Waals surface area contributed by atoms with Gasteiger partial charge in [0.2, 0.25) is 0 Å².